The van der Waals surface area contributed by atoms with Gasteiger partial charge in [0, 0.05) is 37.1 Å². The zero-order valence-electron chi connectivity index (χ0n) is 13.4. The van der Waals surface area contributed by atoms with Crippen molar-refractivity contribution in [2.24, 2.45) is 0 Å². The summed E-state index contributed by atoms with van der Waals surface area (Å²) in [5, 5.41) is 5.18. The van der Waals surface area contributed by atoms with Crippen LogP contribution in [0, 0.1) is 0 Å². The number of thiophene rings is 1. The first-order chi connectivity index (χ1) is 9.99. The standard InChI is InChI=1S/C15H26N4OS/c1-12-11-18(4)7-8-19(12)15(20)16-10-13(17(2)3)14-6-5-9-21-14/h5-6,9,12-13H,7-8,10-11H2,1-4H3,(H,16,20). The van der Waals surface area contributed by atoms with Crippen LogP contribution >= 0.6 is 11.3 Å². The summed E-state index contributed by atoms with van der Waals surface area (Å²) in [5.41, 5.74) is 0. The summed E-state index contributed by atoms with van der Waals surface area (Å²) in [5.74, 6) is 0. The lowest BCUT2D eigenvalue weighted by molar-refractivity contribution is 0.115. The van der Waals surface area contributed by atoms with Gasteiger partial charge in [-0.15, -0.1) is 11.3 Å². The molecule has 21 heavy (non-hydrogen) atoms. The van der Waals surface area contributed by atoms with Gasteiger partial charge < -0.3 is 20.0 Å². The molecule has 1 aliphatic rings. The van der Waals surface area contributed by atoms with Crippen molar-refractivity contribution >= 4 is 17.4 Å². The minimum atomic E-state index is 0.0546. The van der Waals surface area contributed by atoms with Crippen molar-refractivity contribution < 1.29 is 4.79 Å². The number of carbonyl (C=O) groups is 1. The first kappa shape index (κ1) is 16.3. The molecular weight excluding hydrogens is 284 g/mol. The van der Waals surface area contributed by atoms with Crippen molar-refractivity contribution in [1.82, 2.24) is 20.0 Å². The lowest BCUT2D eigenvalue weighted by Crippen LogP contribution is -2.56. The summed E-state index contributed by atoms with van der Waals surface area (Å²) in [7, 11) is 6.20. The fourth-order valence-corrected chi connectivity index (χ4v) is 3.67. The van der Waals surface area contributed by atoms with Gasteiger partial charge in [0.15, 0.2) is 0 Å². The molecule has 1 fully saturated rings. The summed E-state index contributed by atoms with van der Waals surface area (Å²) < 4.78 is 0. The number of nitrogens with zero attached hydrogens (tertiary/aromatic N) is 3. The Bertz CT molecular complexity index is 449. The van der Waals surface area contributed by atoms with Gasteiger partial charge in [-0.2, -0.15) is 0 Å². The quantitative estimate of drug-likeness (QED) is 0.920. The van der Waals surface area contributed by atoms with Crippen LogP contribution in [0.2, 0.25) is 0 Å². The van der Waals surface area contributed by atoms with Crippen LogP contribution < -0.4 is 5.32 Å². The van der Waals surface area contributed by atoms with Crippen LogP contribution in [-0.2, 0) is 0 Å². The summed E-state index contributed by atoms with van der Waals surface area (Å²) in [6.45, 7) is 5.44. The second kappa shape index (κ2) is 7.24. The van der Waals surface area contributed by atoms with Crippen LogP contribution in [0.25, 0.3) is 0 Å². The van der Waals surface area contributed by atoms with Crippen LogP contribution in [0.3, 0.4) is 0 Å². The van der Waals surface area contributed by atoms with Crippen molar-refractivity contribution in [3.8, 4) is 0 Å². The van der Waals surface area contributed by atoms with E-state index in [4.69, 9.17) is 0 Å². The molecule has 2 atom stereocenters. The molecule has 0 bridgehead atoms. The van der Waals surface area contributed by atoms with Gasteiger partial charge in [-0.25, -0.2) is 4.79 Å². The number of urea groups is 1. The highest BCUT2D eigenvalue weighted by atomic mass is 32.1. The molecule has 2 amide bonds. The fourth-order valence-electron chi connectivity index (χ4n) is 2.75. The minimum absolute atomic E-state index is 0.0546. The molecule has 1 N–H and O–H groups in total. The molecule has 1 saturated heterocycles. The summed E-state index contributed by atoms with van der Waals surface area (Å²) >= 11 is 1.73. The number of hydrogen-bond acceptors (Lipinski definition) is 4. The molecule has 2 rings (SSSR count). The van der Waals surface area contributed by atoms with Gasteiger partial charge in [0.25, 0.3) is 0 Å². The van der Waals surface area contributed by atoms with Gasteiger partial charge in [-0.3, -0.25) is 0 Å². The molecule has 0 aromatic carbocycles. The van der Waals surface area contributed by atoms with E-state index in [-0.39, 0.29) is 18.1 Å². The molecule has 1 aliphatic heterocycles. The van der Waals surface area contributed by atoms with Gasteiger partial charge in [0.05, 0.1) is 6.04 Å². The van der Waals surface area contributed by atoms with Gasteiger partial charge in [0.2, 0.25) is 0 Å². The normalized spacial score (nSPS) is 21.6. The van der Waals surface area contributed by atoms with Crippen LogP contribution in [0.1, 0.15) is 17.8 Å². The van der Waals surface area contributed by atoms with E-state index < -0.39 is 0 Å². The Morgan fingerprint density at radius 2 is 2.29 bits per heavy atom. The van der Waals surface area contributed by atoms with E-state index >= 15 is 0 Å². The number of carbonyl (C=O) groups excluding carboxylic acids is 1. The molecule has 0 aliphatic carbocycles. The van der Waals surface area contributed by atoms with E-state index in [0.29, 0.717) is 6.54 Å². The Balaban J connectivity index is 1.90. The van der Waals surface area contributed by atoms with E-state index in [0.717, 1.165) is 19.6 Å². The number of hydrogen-bond donors (Lipinski definition) is 1. The van der Waals surface area contributed by atoms with E-state index in [9.17, 15) is 4.79 Å². The van der Waals surface area contributed by atoms with Gasteiger partial charge in [0.1, 0.15) is 0 Å². The number of amides is 2. The number of likely N-dealkylation sites (N-methyl/N-ethyl adjacent to an activating group) is 2. The van der Waals surface area contributed by atoms with Gasteiger partial charge >= 0.3 is 6.03 Å². The topological polar surface area (TPSA) is 38.8 Å². The van der Waals surface area contributed by atoms with Crippen molar-refractivity contribution in [3.63, 3.8) is 0 Å². The maximum atomic E-state index is 12.4. The average molecular weight is 310 g/mol. The molecule has 1 aromatic heterocycles. The van der Waals surface area contributed by atoms with Crippen LogP contribution in [0.15, 0.2) is 17.5 Å². The zero-order chi connectivity index (χ0) is 15.4. The highest BCUT2D eigenvalue weighted by Gasteiger charge is 2.26. The van der Waals surface area contributed by atoms with E-state index in [1.165, 1.54) is 4.88 Å². The molecule has 5 nitrogen and oxygen atoms in total. The van der Waals surface area contributed by atoms with Crippen LogP contribution in [0.4, 0.5) is 4.79 Å². The third-order valence-corrected chi connectivity index (χ3v) is 5.01. The molecule has 0 radical (unpaired) electrons. The SMILES string of the molecule is CC1CN(C)CCN1C(=O)NCC(c1cccs1)N(C)C. The predicted octanol–water partition coefficient (Wildman–Crippen LogP) is 1.70. The number of nitrogens with one attached hydrogen (secondary N) is 1. The van der Waals surface area contributed by atoms with E-state index in [1.807, 2.05) is 4.90 Å². The molecule has 2 heterocycles. The monoisotopic (exact) mass is 310 g/mol. The number of piperazine rings is 1. The Labute approximate surface area is 131 Å². The predicted molar refractivity (Wildman–Crippen MR) is 87.8 cm³/mol. The second-order valence-electron chi connectivity index (χ2n) is 5.99. The molecule has 118 valence electrons. The Morgan fingerprint density at radius 1 is 1.52 bits per heavy atom. The third kappa shape index (κ3) is 4.18. The molecule has 0 saturated carbocycles. The van der Waals surface area contributed by atoms with Crippen LogP contribution in [-0.4, -0.2) is 74.1 Å². The number of rotatable bonds is 4. The van der Waals surface area contributed by atoms with Crippen molar-refractivity contribution in [2.45, 2.75) is 19.0 Å². The van der Waals surface area contributed by atoms with Crippen molar-refractivity contribution in [2.75, 3.05) is 47.3 Å². The molecule has 2 unspecified atom stereocenters. The molecule has 1 aromatic rings. The summed E-state index contributed by atoms with van der Waals surface area (Å²) in [6.07, 6.45) is 0. The summed E-state index contributed by atoms with van der Waals surface area (Å²) in [6, 6.07) is 4.74. The highest BCUT2D eigenvalue weighted by Crippen LogP contribution is 2.22. The van der Waals surface area contributed by atoms with Gasteiger partial charge in [-0.1, -0.05) is 6.07 Å². The maximum Gasteiger partial charge on any atom is 0.317 e. The smallest absolute Gasteiger partial charge is 0.317 e. The van der Waals surface area contributed by atoms with Gasteiger partial charge in [-0.05, 0) is 39.5 Å². The molecule has 0 spiro atoms. The van der Waals surface area contributed by atoms with Crippen molar-refractivity contribution in [3.05, 3.63) is 22.4 Å². The third-order valence-electron chi connectivity index (χ3n) is 4.03. The Kier molecular flexibility index (Phi) is 5.61. The van der Waals surface area contributed by atoms with E-state index in [2.05, 4.69) is 60.7 Å². The first-order valence-electron chi connectivity index (χ1n) is 7.42. The maximum absolute atomic E-state index is 12.4. The Hall–Kier alpha value is -1.11. The lowest BCUT2D eigenvalue weighted by atomic mass is 10.2. The summed E-state index contributed by atoms with van der Waals surface area (Å²) in [4.78, 5) is 20.0. The van der Waals surface area contributed by atoms with E-state index in [1.54, 1.807) is 11.3 Å². The minimum Gasteiger partial charge on any atom is -0.336 e. The zero-order valence-corrected chi connectivity index (χ0v) is 14.2. The molecule has 6 heteroatoms. The van der Waals surface area contributed by atoms with Crippen LogP contribution in [0.5, 0.6) is 0 Å². The second-order valence-corrected chi connectivity index (χ2v) is 6.96. The largest absolute Gasteiger partial charge is 0.336 e. The lowest BCUT2D eigenvalue weighted by Gasteiger charge is -2.38. The Morgan fingerprint density at radius 3 is 2.86 bits per heavy atom. The fraction of sp³-hybridized carbons (Fsp3) is 0.667. The first-order valence-corrected chi connectivity index (χ1v) is 8.30. The average Bonchev–Trinajstić information content (AvgIpc) is 2.92. The molecular formula is C15H26N4OS. The highest BCUT2D eigenvalue weighted by molar-refractivity contribution is 7.10. The van der Waals surface area contributed by atoms with Crippen molar-refractivity contribution in [1.29, 1.82) is 0 Å².